The van der Waals surface area contributed by atoms with Gasteiger partial charge < -0.3 is 20.9 Å². The Kier molecular flexibility index (Phi) is 5.46. The van der Waals surface area contributed by atoms with E-state index in [-0.39, 0.29) is 17.9 Å². The van der Waals surface area contributed by atoms with E-state index in [1.54, 1.807) is 0 Å². The maximum Gasteiger partial charge on any atom is 0.317 e. The van der Waals surface area contributed by atoms with Crippen molar-refractivity contribution in [1.82, 2.24) is 10.2 Å². The monoisotopic (exact) mass is 344 g/mol. The van der Waals surface area contributed by atoms with Crippen molar-refractivity contribution in [2.45, 2.75) is 38.6 Å². The molecule has 1 aromatic carbocycles. The van der Waals surface area contributed by atoms with E-state index >= 15 is 0 Å². The molecule has 0 aliphatic carbocycles. The second-order valence-electron chi connectivity index (χ2n) is 7.23. The first-order valence-electron chi connectivity index (χ1n) is 9.20. The molecule has 2 aliphatic heterocycles. The zero-order valence-corrected chi connectivity index (χ0v) is 14.9. The van der Waals surface area contributed by atoms with Crippen molar-refractivity contribution in [3.8, 4) is 0 Å². The van der Waals surface area contributed by atoms with Crippen LogP contribution in [0, 0.1) is 5.92 Å². The third-order valence-corrected chi connectivity index (χ3v) is 5.27. The second kappa shape index (κ2) is 7.76. The van der Waals surface area contributed by atoms with Crippen LogP contribution in [0.15, 0.2) is 24.3 Å². The van der Waals surface area contributed by atoms with Crippen LogP contribution in [0.3, 0.4) is 0 Å². The molecule has 2 aliphatic rings. The number of carbonyl (C=O) groups excluding carboxylic acids is 2. The van der Waals surface area contributed by atoms with Crippen LogP contribution in [0.2, 0.25) is 0 Å². The molecule has 6 heteroatoms. The molecule has 1 fully saturated rings. The Labute approximate surface area is 149 Å². The van der Waals surface area contributed by atoms with E-state index in [0.717, 1.165) is 32.4 Å². The first kappa shape index (κ1) is 17.6. The summed E-state index contributed by atoms with van der Waals surface area (Å²) in [4.78, 5) is 27.7. The van der Waals surface area contributed by atoms with Gasteiger partial charge in [0, 0.05) is 44.3 Å². The number of urea groups is 1. The third kappa shape index (κ3) is 4.24. The van der Waals surface area contributed by atoms with E-state index in [4.69, 9.17) is 5.73 Å². The molecule has 0 bridgehead atoms. The van der Waals surface area contributed by atoms with E-state index in [2.05, 4.69) is 41.4 Å². The van der Waals surface area contributed by atoms with Crippen molar-refractivity contribution < 1.29 is 9.59 Å². The molecule has 0 saturated carbocycles. The molecule has 25 heavy (non-hydrogen) atoms. The van der Waals surface area contributed by atoms with Crippen molar-refractivity contribution >= 4 is 17.6 Å². The number of nitrogens with zero attached hydrogens (tertiary/aromatic N) is 2. The van der Waals surface area contributed by atoms with Crippen LogP contribution in [0.4, 0.5) is 10.5 Å². The number of likely N-dealkylation sites (tertiary alicyclic amines) is 1. The summed E-state index contributed by atoms with van der Waals surface area (Å²) < 4.78 is 0. The number of nitrogens with one attached hydrogen (secondary N) is 1. The molecule has 0 radical (unpaired) electrons. The summed E-state index contributed by atoms with van der Waals surface area (Å²) in [6, 6.07) is 8.90. The Morgan fingerprint density at radius 2 is 2.12 bits per heavy atom. The number of fused-ring (bicyclic) bond motifs is 1. The SMILES string of the molecule is CC1Cc2ccccc2N1CCNC(=O)N1CCCC(CC(N)=O)C1. The first-order chi connectivity index (χ1) is 12.0. The van der Waals surface area contributed by atoms with Crippen molar-refractivity contribution in [2.75, 3.05) is 31.1 Å². The average molecular weight is 344 g/mol. The fraction of sp³-hybridized carbons (Fsp3) is 0.579. The average Bonchev–Trinajstić information content (AvgIpc) is 2.90. The Morgan fingerprint density at radius 3 is 2.92 bits per heavy atom. The molecule has 3 amide bonds. The maximum absolute atomic E-state index is 12.4. The van der Waals surface area contributed by atoms with Crippen LogP contribution in [0.5, 0.6) is 0 Å². The van der Waals surface area contributed by atoms with E-state index in [9.17, 15) is 9.59 Å². The molecule has 0 spiro atoms. The van der Waals surface area contributed by atoms with Crippen LogP contribution in [-0.2, 0) is 11.2 Å². The molecule has 1 saturated heterocycles. The Balaban J connectivity index is 1.47. The van der Waals surface area contributed by atoms with Crippen molar-refractivity contribution in [2.24, 2.45) is 11.7 Å². The number of primary amides is 1. The lowest BCUT2D eigenvalue weighted by molar-refractivity contribution is -0.119. The molecule has 136 valence electrons. The normalized spacial score (nSPS) is 22.6. The van der Waals surface area contributed by atoms with Gasteiger partial charge in [-0.3, -0.25) is 4.79 Å². The predicted molar refractivity (Wildman–Crippen MR) is 98.5 cm³/mol. The largest absolute Gasteiger partial charge is 0.370 e. The molecule has 2 unspecified atom stereocenters. The minimum absolute atomic E-state index is 0.0331. The number of hydrogen-bond donors (Lipinski definition) is 2. The number of amides is 3. The van der Waals surface area contributed by atoms with Crippen LogP contribution in [-0.4, -0.2) is 49.1 Å². The van der Waals surface area contributed by atoms with E-state index in [1.165, 1.54) is 11.3 Å². The predicted octanol–water partition coefficient (Wildman–Crippen LogP) is 1.73. The van der Waals surface area contributed by atoms with Gasteiger partial charge in [0.25, 0.3) is 0 Å². The molecule has 2 atom stereocenters. The number of rotatable bonds is 5. The Bertz CT molecular complexity index is 634. The number of para-hydroxylation sites is 1. The lowest BCUT2D eigenvalue weighted by atomic mass is 9.95. The van der Waals surface area contributed by atoms with Gasteiger partial charge >= 0.3 is 6.03 Å². The van der Waals surface area contributed by atoms with Crippen LogP contribution >= 0.6 is 0 Å². The maximum atomic E-state index is 12.4. The smallest absolute Gasteiger partial charge is 0.317 e. The number of carbonyl (C=O) groups is 2. The summed E-state index contributed by atoms with van der Waals surface area (Å²) in [5, 5.41) is 3.03. The van der Waals surface area contributed by atoms with Gasteiger partial charge in [0.05, 0.1) is 0 Å². The quantitative estimate of drug-likeness (QED) is 0.854. The highest BCUT2D eigenvalue weighted by molar-refractivity contribution is 5.75. The third-order valence-electron chi connectivity index (χ3n) is 5.27. The highest BCUT2D eigenvalue weighted by atomic mass is 16.2. The standard InChI is InChI=1S/C19H28N4O2/c1-14-11-16-6-2-3-7-17(16)23(14)10-8-21-19(25)22-9-4-5-15(13-22)12-18(20)24/h2-3,6-7,14-15H,4-5,8-13H2,1H3,(H2,20,24)(H,21,25). The second-order valence-corrected chi connectivity index (χ2v) is 7.23. The summed E-state index contributed by atoms with van der Waals surface area (Å²) in [5.41, 5.74) is 7.95. The number of hydrogen-bond acceptors (Lipinski definition) is 3. The fourth-order valence-corrected chi connectivity index (χ4v) is 4.07. The van der Waals surface area contributed by atoms with Crippen LogP contribution in [0.25, 0.3) is 0 Å². The summed E-state index contributed by atoms with van der Waals surface area (Å²) >= 11 is 0. The summed E-state index contributed by atoms with van der Waals surface area (Å²) in [5.74, 6) is -0.0866. The summed E-state index contributed by atoms with van der Waals surface area (Å²) in [6.45, 7) is 5.03. The van der Waals surface area contributed by atoms with E-state index in [1.807, 2.05) is 4.90 Å². The molecule has 3 N–H and O–H groups in total. The molecule has 1 aromatic rings. The van der Waals surface area contributed by atoms with Crippen LogP contribution in [0.1, 0.15) is 31.7 Å². The zero-order chi connectivity index (χ0) is 17.8. The summed E-state index contributed by atoms with van der Waals surface area (Å²) in [6.07, 6.45) is 3.33. The lowest BCUT2D eigenvalue weighted by Crippen LogP contribution is -2.48. The summed E-state index contributed by atoms with van der Waals surface area (Å²) in [7, 11) is 0. The van der Waals surface area contributed by atoms with Gasteiger partial charge in [-0.15, -0.1) is 0 Å². The van der Waals surface area contributed by atoms with Gasteiger partial charge in [-0.2, -0.15) is 0 Å². The van der Waals surface area contributed by atoms with Gasteiger partial charge in [-0.1, -0.05) is 18.2 Å². The number of anilines is 1. The van der Waals surface area contributed by atoms with Gasteiger partial charge in [0.1, 0.15) is 0 Å². The van der Waals surface area contributed by atoms with Gasteiger partial charge in [0.15, 0.2) is 0 Å². The zero-order valence-electron chi connectivity index (χ0n) is 14.9. The molecule has 6 nitrogen and oxygen atoms in total. The molecule has 2 heterocycles. The lowest BCUT2D eigenvalue weighted by Gasteiger charge is -2.32. The fourth-order valence-electron chi connectivity index (χ4n) is 4.07. The highest BCUT2D eigenvalue weighted by Gasteiger charge is 2.27. The highest BCUT2D eigenvalue weighted by Crippen LogP contribution is 2.31. The Hall–Kier alpha value is -2.24. The first-order valence-corrected chi connectivity index (χ1v) is 9.20. The molecular weight excluding hydrogens is 316 g/mol. The van der Waals surface area contributed by atoms with Gasteiger partial charge in [0.2, 0.25) is 5.91 Å². The number of nitrogens with two attached hydrogens (primary N) is 1. The van der Waals surface area contributed by atoms with Crippen molar-refractivity contribution in [1.29, 1.82) is 0 Å². The molecule has 3 rings (SSSR count). The minimum atomic E-state index is -0.283. The van der Waals surface area contributed by atoms with Crippen molar-refractivity contribution in [3.63, 3.8) is 0 Å². The number of benzene rings is 1. The number of piperidine rings is 1. The minimum Gasteiger partial charge on any atom is -0.370 e. The molecular formula is C19H28N4O2. The Morgan fingerprint density at radius 1 is 1.32 bits per heavy atom. The van der Waals surface area contributed by atoms with E-state index in [0.29, 0.717) is 25.6 Å². The van der Waals surface area contributed by atoms with Gasteiger partial charge in [-0.25, -0.2) is 4.79 Å². The topological polar surface area (TPSA) is 78.7 Å². The van der Waals surface area contributed by atoms with Crippen LogP contribution < -0.4 is 16.0 Å². The van der Waals surface area contributed by atoms with E-state index < -0.39 is 0 Å². The van der Waals surface area contributed by atoms with Gasteiger partial charge in [-0.05, 0) is 43.7 Å². The molecule has 0 aromatic heterocycles. The van der Waals surface area contributed by atoms with Crippen molar-refractivity contribution in [3.05, 3.63) is 29.8 Å².